The molecule has 0 saturated heterocycles. The molecule has 0 spiro atoms. The second-order valence-corrected chi connectivity index (χ2v) is 6.87. The third-order valence-electron chi connectivity index (χ3n) is 5.15. The molecule has 1 aliphatic rings. The minimum atomic E-state index is -0.808. The highest BCUT2D eigenvalue weighted by Gasteiger charge is 2.37. The summed E-state index contributed by atoms with van der Waals surface area (Å²) < 4.78 is 5.51. The molecule has 0 atom stereocenters. The van der Waals surface area contributed by atoms with Crippen LogP contribution in [0.25, 0.3) is 0 Å². The highest BCUT2D eigenvalue weighted by molar-refractivity contribution is 5.82. The highest BCUT2D eigenvalue weighted by Crippen LogP contribution is 2.39. The van der Waals surface area contributed by atoms with E-state index in [0.717, 1.165) is 43.4 Å². The maximum atomic E-state index is 12.6. The average molecular weight is 347 g/mol. The van der Waals surface area contributed by atoms with Crippen molar-refractivity contribution in [2.45, 2.75) is 64.8 Å². The number of benzene rings is 1. The summed E-state index contributed by atoms with van der Waals surface area (Å²) in [5.74, 6) is 0.0963. The van der Waals surface area contributed by atoms with Crippen molar-refractivity contribution in [1.29, 1.82) is 0 Å². The standard InChI is InChI=1S/C20H29NO4/c1-2-20(12-4-3-5-13-20)19(24)21-15-16-8-10-17(11-9-16)25-14-6-7-18(22)23/h8-11H,2-7,12-15H2,1H3,(H,21,24)(H,22,23). The molecule has 1 aliphatic carbocycles. The minimum absolute atomic E-state index is 0.114. The third-order valence-corrected chi connectivity index (χ3v) is 5.15. The predicted octanol–water partition coefficient (Wildman–Crippen LogP) is 3.91. The number of rotatable bonds is 9. The average Bonchev–Trinajstić information content (AvgIpc) is 2.64. The van der Waals surface area contributed by atoms with E-state index in [-0.39, 0.29) is 17.7 Å². The lowest BCUT2D eigenvalue weighted by Crippen LogP contribution is -2.41. The van der Waals surface area contributed by atoms with Crippen molar-refractivity contribution < 1.29 is 19.4 Å². The molecule has 5 heteroatoms. The van der Waals surface area contributed by atoms with Gasteiger partial charge >= 0.3 is 5.97 Å². The molecule has 2 rings (SSSR count). The van der Waals surface area contributed by atoms with E-state index >= 15 is 0 Å². The topological polar surface area (TPSA) is 75.6 Å². The largest absolute Gasteiger partial charge is 0.494 e. The molecule has 0 heterocycles. The summed E-state index contributed by atoms with van der Waals surface area (Å²) in [5, 5.41) is 11.7. The molecular formula is C20H29NO4. The molecule has 1 amide bonds. The van der Waals surface area contributed by atoms with E-state index < -0.39 is 5.97 Å². The lowest BCUT2D eigenvalue weighted by Gasteiger charge is -2.35. The molecule has 1 aromatic carbocycles. The van der Waals surface area contributed by atoms with Gasteiger partial charge in [0.05, 0.1) is 6.61 Å². The van der Waals surface area contributed by atoms with Gasteiger partial charge in [0.1, 0.15) is 5.75 Å². The Morgan fingerprint density at radius 3 is 2.44 bits per heavy atom. The molecular weight excluding hydrogens is 318 g/mol. The number of carbonyl (C=O) groups is 2. The SMILES string of the molecule is CCC1(C(=O)NCc2ccc(OCCCC(=O)O)cc2)CCCCC1. The van der Waals surface area contributed by atoms with Crippen molar-refractivity contribution in [2.24, 2.45) is 5.41 Å². The van der Waals surface area contributed by atoms with Crippen molar-refractivity contribution >= 4 is 11.9 Å². The summed E-state index contributed by atoms with van der Waals surface area (Å²) in [6.07, 6.45) is 7.04. The first kappa shape index (κ1) is 19.3. The number of hydrogen-bond acceptors (Lipinski definition) is 3. The van der Waals surface area contributed by atoms with Crippen LogP contribution in [0, 0.1) is 5.41 Å². The Labute approximate surface area is 149 Å². The van der Waals surface area contributed by atoms with Gasteiger partial charge in [-0.3, -0.25) is 9.59 Å². The van der Waals surface area contributed by atoms with Crippen LogP contribution in [0.4, 0.5) is 0 Å². The number of amides is 1. The second-order valence-electron chi connectivity index (χ2n) is 6.87. The summed E-state index contributed by atoms with van der Waals surface area (Å²) in [5.41, 5.74) is 0.860. The monoisotopic (exact) mass is 347 g/mol. The Hall–Kier alpha value is -2.04. The summed E-state index contributed by atoms with van der Waals surface area (Å²) in [6, 6.07) is 7.59. The van der Waals surface area contributed by atoms with Gasteiger partial charge in [0.2, 0.25) is 5.91 Å². The van der Waals surface area contributed by atoms with Gasteiger partial charge < -0.3 is 15.2 Å². The molecule has 1 aromatic rings. The Bertz CT molecular complexity index is 562. The van der Waals surface area contributed by atoms with Crippen LogP contribution in [-0.4, -0.2) is 23.6 Å². The van der Waals surface area contributed by atoms with Gasteiger partial charge in [-0.05, 0) is 43.4 Å². The van der Waals surface area contributed by atoms with Gasteiger partial charge in [-0.25, -0.2) is 0 Å². The van der Waals surface area contributed by atoms with Crippen LogP contribution in [-0.2, 0) is 16.1 Å². The zero-order valence-electron chi connectivity index (χ0n) is 15.1. The van der Waals surface area contributed by atoms with E-state index in [2.05, 4.69) is 12.2 Å². The van der Waals surface area contributed by atoms with E-state index in [4.69, 9.17) is 9.84 Å². The first-order valence-electron chi connectivity index (χ1n) is 9.27. The molecule has 0 bridgehead atoms. The van der Waals surface area contributed by atoms with Crippen LogP contribution in [0.15, 0.2) is 24.3 Å². The first-order chi connectivity index (χ1) is 12.1. The van der Waals surface area contributed by atoms with Crippen molar-refractivity contribution in [2.75, 3.05) is 6.61 Å². The molecule has 1 saturated carbocycles. The number of carbonyl (C=O) groups excluding carboxylic acids is 1. The summed E-state index contributed by atoms with van der Waals surface area (Å²) in [6.45, 7) is 3.03. The van der Waals surface area contributed by atoms with Gasteiger partial charge in [0.15, 0.2) is 0 Å². The maximum Gasteiger partial charge on any atom is 0.303 e. The van der Waals surface area contributed by atoms with E-state index in [1.165, 1.54) is 6.42 Å². The number of hydrogen-bond donors (Lipinski definition) is 2. The van der Waals surface area contributed by atoms with Crippen molar-refractivity contribution in [3.05, 3.63) is 29.8 Å². The lowest BCUT2D eigenvalue weighted by molar-refractivity contribution is -0.137. The highest BCUT2D eigenvalue weighted by atomic mass is 16.5. The van der Waals surface area contributed by atoms with Gasteiger partial charge in [-0.15, -0.1) is 0 Å². The number of nitrogens with one attached hydrogen (secondary N) is 1. The summed E-state index contributed by atoms with van der Waals surface area (Å²) >= 11 is 0. The molecule has 2 N–H and O–H groups in total. The number of ether oxygens (including phenoxy) is 1. The van der Waals surface area contributed by atoms with Crippen LogP contribution < -0.4 is 10.1 Å². The molecule has 138 valence electrons. The predicted molar refractivity (Wildman–Crippen MR) is 96.5 cm³/mol. The fraction of sp³-hybridized carbons (Fsp3) is 0.600. The minimum Gasteiger partial charge on any atom is -0.494 e. The summed E-state index contributed by atoms with van der Waals surface area (Å²) in [4.78, 5) is 23.1. The molecule has 25 heavy (non-hydrogen) atoms. The molecule has 0 radical (unpaired) electrons. The van der Waals surface area contributed by atoms with Crippen molar-refractivity contribution in [3.8, 4) is 5.75 Å². The van der Waals surface area contributed by atoms with E-state index in [1.54, 1.807) is 0 Å². The molecule has 5 nitrogen and oxygen atoms in total. The Morgan fingerprint density at radius 2 is 1.84 bits per heavy atom. The van der Waals surface area contributed by atoms with Gasteiger partial charge in [0, 0.05) is 18.4 Å². The number of carboxylic acids is 1. The summed E-state index contributed by atoms with van der Waals surface area (Å²) in [7, 11) is 0. The Morgan fingerprint density at radius 1 is 1.16 bits per heavy atom. The van der Waals surface area contributed by atoms with Crippen LogP contribution >= 0.6 is 0 Å². The van der Waals surface area contributed by atoms with E-state index in [1.807, 2.05) is 24.3 Å². The molecule has 0 aliphatic heterocycles. The normalized spacial score (nSPS) is 16.2. The quantitative estimate of drug-likeness (QED) is 0.664. The Balaban J connectivity index is 1.78. The second kappa shape index (κ2) is 9.44. The smallest absolute Gasteiger partial charge is 0.303 e. The van der Waals surface area contributed by atoms with Gasteiger partial charge in [-0.2, -0.15) is 0 Å². The fourth-order valence-electron chi connectivity index (χ4n) is 3.46. The molecule has 1 fully saturated rings. The maximum absolute atomic E-state index is 12.6. The zero-order valence-corrected chi connectivity index (χ0v) is 15.1. The van der Waals surface area contributed by atoms with Gasteiger partial charge in [0.25, 0.3) is 0 Å². The van der Waals surface area contributed by atoms with Crippen LogP contribution in [0.2, 0.25) is 0 Å². The molecule has 0 aromatic heterocycles. The van der Waals surface area contributed by atoms with Gasteiger partial charge in [-0.1, -0.05) is 38.3 Å². The van der Waals surface area contributed by atoms with Crippen LogP contribution in [0.1, 0.15) is 63.9 Å². The number of aliphatic carboxylic acids is 1. The third kappa shape index (κ3) is 5.76. The zero-order chi connectivity index (χ0) is 18.1. The van der Waals surface area contributed by atoms with Crippen molar-refractivity contribution in [1.82, 2.24) is 5.32 Å². The lowest BCUT2D eigenvalue weighted by atomic mass is 9.71. The fourth-order valence-corrected chi connectivity index (χ4v) is 3.46. The first-order valence-corrected chi connectivity index (χ1v) is 9.27. The van der Waals surface area contributed by atoms with Crippen LogP contribution in [0.5, 0.6) is 5.75 Å². The molecule has 0 unspecified atom stereocenters. The van der Waals surface area contributed by atoms with E-state index in [9.17, 15) is 9.59 Å². The van der Waals surface area contributed by atoms with Crippen LogP contribution in [0.3, 0.4) is 0 Å². The van der Waals surface area contributed by atoms with Crippen molar-refractivity contribution in [3.63, 3.8) is 0 Å². The number of carboxylic acid groups (broad SMARTS) is 1. The Kier molecular flexibility index (Phi) is 7.29. The van der Waals surface area contributed by atoms with E-state index in [0.29, 0.717) is 19.6 Å².